The number of rotatable bonds is 3. The SMILES string of the molecule is N#CC(O)C(O)c1cc([N+](=O)[O-])ccc1C(F)(F)F. The van der Waals surface area contributed by atoms with Crippen molar-refractivity contribution in [2.45, 2.75) is 18.4 Å². The second-order valence-corrected chi connectivity index (χ2v) is 3.55. The Labute approximate surface area is 104 Å². The van der Waals surface area contributed by atoms with Crippen LogP contribution in [0.1, 0.15) is 17.2 Å². The molecule has 0 bridgehead atoms. The van der Waals surface area contributed by atoms with Crippen LogP contribution in [0.4, 0.5) is 18.9 Å². The van der Waals surface area contributed by atoms with E-state index in [1.54, 1.807) is 0 Å². The largest absolute Gasteiger partial charge is 0.416 e. The van der Waals surface area contributed by atoms with Crippen molar-refractivity contribution in [1.29, 1.82) is 5.26 Å². The minimum absolute atomic E-state index is 0.417. The molecule has 0 amide bonds. The molecule has 0 radical (unpaired) electrons. The first-order valence-corrected chi connectivity index (χ1v) is 4.79. The van der Waals surface area contributed by atoms with Gasteiger partial charge in [0.05, 0.1) is 16.6 Å². The Hall–Kier alpha value is -2.18. The van der Waals surface area contributed by atoms with Crippen molar-refractivity contribution >= 4 is 5.69 Å². The standard InChI is InChI=1S/C10H7F3N2O4/c11-10(12,13)7-2-1-5(15(18)19)3-6(7)9(17)8(16)4-14/h1-3,8-9,16-17H. The summed E-state index contributed by atoms with van der Waals surface area (Å²) in [6.45, 7) is 0. The van der Waals surface area contributed by atoms with E-state index in [2.05, 4.69) is 0 Å². The molecule has 0 saturated carbocycles. The van der Waals surface area contributed by atoms with Crippen LogP contribution in [0, 0.1) is 21.4 Å². The zero-order chi connectivity index (χ0) is 14.8. The van der Waals surface area contributed by atoms with Gasteiger partial charge in [-0.05, 0) is 6.07 Å². The molecule has 102 valence electrons. The minimum atomic E-state index is -4.87. The molecular formula is C10H7F3N2O4. The number of non-ortho nitro benzene ring substituents is 1. The summed E-state index contributed by atoms with van der Waals surface area (Å²) in [5.41, 5.74) is -2.96. The third-order valence-electron chi connectivity index (χ3n) is 2.30. The van der Waals surface area contributed by atoms with Gasteiger partial charge in [0.1, 0.15) is 6.10 Å². The van der Waals surface area contributed by atoms with Crippen molar-refractivity contribution in [3.63, 3.8) is 0 Å². The predicted octanol–water partition coefficient (Wildman–Crippen LogP) is 1.53. The summed E-state index contributed by atoms with van der Waals surface area (Å²) in [6, 6.07) is 2.68. The van der Waals surface area contributed by atoms with Gasteiger partial charge in [-0.2, -0.15) is 18.4 Å². The van der Waals surface area contributed by atoms with Gasteiger partial charge in [0.15, 0.2) is 6.10 Å². The molecule has 1 aromatic rings. The van der Waals surface area contributed by atoms with Crippen molar-refractivity contribution in [3.8, 4) is 6.07 Å². The predicted molar refractivity (Wildman–Crippen MR) is 54.7 cm³/mol. The number of nitriles is 1. The Balaban J connectivity index is 3.43. The Bertz CT molecular complexity index is 539. The van der Waals surface area contributed by atoms with Crippen LogP contribution in [0.2, 0.25) is 0 Å². The average Bonchev–Trinajstić information content (AvgIpc) is 2.35. The second kappa shape index (κ2) is 5.21. The number of aliphatic hydroxyl groups excluding tert-OH is 2. The molecule has 2 atom stereocenters. The zero-order valence-electron chi connectivity index (χ0n) is 9.13. The topological polar surface area (TPSA) is 107 Å². The molecule has 9 heteroatoms. The molecule has 2 N–H and O–H groups in total. The summed E-state index contributed by atoms with van der Waals surface area (Å²) >= 11 is 0. The maximum absolute atomic E-state index is 12.7. The third kappa shape index (κ3) is 3.18. The Morgan fingerprint density at radius 2 is 1.95 bits per heavy atom. The fourth-order valence-corrected chi connectivity index (χ4v) is 1.41. The van der Waals surface area contributed by atoms with Crippen LogP contribution >= 0.6 is 0 Å². The highest BCUT2D eigenvalue weighted by Gasteiger charge is 2.37. The van der Waals surface area contributed by atoms with E-state index in [0.717, 1.165) is 6.07 Å². The first-order valence-electron chi connectivity index (χ1n) is 4.79. The van der Waals surface area contributed by atoms with Crippen molar-refractivity contribution < 1.29 is 28.3 Å². The van der Waals surface area contributed by atoms with Crippen LogP contribution < -0.4 is 0 Å². The van der Waals surface area contributed by atoms with Gasteiger partial charge in [0.25, 0.3) is 5.69 Å². The van der Waals surface area contributed by atoms with Gasteiger partial charge in [0.2, 0.25) is 0 Å². The van der Waals surface area contributed by atoms with E-state index >= 15 is 0 Å². The lowest BCUT2D eigenvalue weighted by molar-refractivity contribution is -0.385. The number of halogens is 3. The maximum Gasteiger partial charge on any atom is 0.416 e. The lowest BCUT2D eigenvalue weighted by atomic mass is 9.98. The van der Waals surface area contributed by atoms with Crippen LogP contribution in [0.3, 0.4) is 0 Å². The van der Waals surface area contributed by atoms with Gasteiger partial charge < -0.3 is 10.2 Å². The van der Waals surface area contributed by atoms with E-state index < -0.39 is 40.1 Å². The van der Waals surface area contributed by atoms with Crippen LogP contribution in [-0.2, 0) is 6.18 Å². The number of alkyl halides is 3. The van der Waals surface area contributed by atoms with E-state index in [0.29, 0.717) is 18.2 Å². The fraction of sp³-hybridized carbons (Fsp3) is 0.300. The molecule has 1 aromatic carbocycles. The fourth-order valence-electron chi connectivity index (χ4n) is 1.41. The molecule has 2 unspecified atom stereocenters. The number of hydrogen-bond acceptors (Lipinski definition) is 5. The Kier molecular flexibility index (Phi) is 4.08. The lowest BCUT2D eigenvalue weighted by Gasteiger charge is -2.17. The van der Waals surface area contributed by atoms with E-state index in [-0.39, 0.29) is 0 Å². The first-order chi connectivity index (χ1) is 8.68. The van der Waals surface area contributed by atoms with E-state index in [1.807, 2.05) is 0 Å². The zero-order valence-corrected chi connectivity index (χ0v) is 9.13. The number of nitro benzene ring substituents is 1. The van der Waals surface area contributed by atoms with Gasteiger partial charge in [-0.1, -0.05) is 0 Å². The molecule has 0 heterocycles. The van der Waals surface area contributed by atoms with Gasteiger partial charge in [-0.3, -0.25) is 10.1 Å². The molecular weight excluding hydrogens is 269 g/mol. The highest BCUT2D eigenvalue weighted by atomic mass is 19.4. The molecule has 0 spiro atoms. The first kappa shape index (κ1) is 14.9. The van der Waals surface area contributed by atoms with E-state index in [4.69, 9.17) is 10.4 Å². The molecule has 0 aliphatic rings. The van der Waals surface area contributed by atoms with Crippen LogP contribution in [0.25, 0.3) is 0 Å². The highest BCUT2D eigenvalue weighted by Crippen LogP contribution is 2.37. The number of nitro groups is 1. The number of benzene rings is 1. The second-order valence-electron chi connectivity index (χ2n) is 3.55. The normalized spacial score (nSPS) is 14.5. The number of nitrogens with zero attached hydrogens (tertiary/aromatic N) is 2. The minimum Gasteiger partial charge on any atom is -0.385 e. The molecule has 0 aliphatic heterocycles. The van der Waals surface area contributed by atoms with Gasteiger partial charge in [0, 0.05) is 17.7 Å². The summed E-state index contributed by atoms with van der Waals surface area (Å²) in [4.78, 5) is 9.54. The van der Waals surface area contributed by atoms with Crippen molar-refractivity contribution in [2.24, 2.45) is 0 Å². The molecule has 0 aliphatic carbocycles. The lowest BCUT2D eigenvalue weighted by Crippen LogP contribution is -2.20. The summed E-state index contributed by atoms with van der Waals surface area (Å²) in [5.74, 6) is 0. The van der Waals surface area contributed by atoms with Gasteiger partial charge in [-0.25, -0.2) is 0 Å². The van der Waals surface area contributed by atoms with Crippen LogP contribution in [0.15, 0.2) is 18.2 Å². The quantitative estimate of drug-likeness (QED) is 0.494. The van der Waals surface area contributed by atoms with Gasteiger partial charge in [-0.15, -0.1) is 0 Å². The van der Waals surface area contributed by atoms with Gasteiger partial charge >= 0.3 is 6.18 Å². The monoisotopic (exact) mass is 276 g/mol. The Morgan fingerprint density at radius 3 is 2.37 bits per heavy atom. The van der Waals surface area contributed by atoms with E-state index in [9.17, 15) is 28.4 Å². The van der Waals surface area contributed by atoms with Crippen molar-refractivity contribution in [1.82, 2.24) is 0 Å². The molecule has 0 fully saturated rings. The van der Waals surface area contributed by atoms with Crippen LogP contribution in [0.5, 0.6) is 0 Å². The van der Waals surface area contributed by atoms with Crippen molar-refractivity contribution in [3.05, 3.63) is 39.4 Å². The van der Waals surface area contributed by atoms with Crippen molar-refractivity contribution in [2.75, 3.05) is 0 Å². The molecule has 1 rings (SSSR count). The molecule has 19 heavy (non-hydrogen) atoms. The third-order valence-corrected chi connectivity index (χ3v) is 2.30. The summed E-state index contributed by atoms with van der Waals surface area (Å²) in [7, 11) is 0. The average molecular weight is 276 g/mol. The number of hydrogen-bond donors (Lipinski definition) is 2. The summed E-state index contributed by atoms with van der Waals surface area (Å²) in [5, 5.41) is 37.4. The number of aliphatic hydroxyl groups is 2. The molecule has 0 aromatic heterocycles. The Morgan fingerprint density at radius 1 is 1.37 bits per heavy atom. The van der Waals surface area contributed by atoms with Crippen LogP contribution in [-0.4, -0.2) is 21.2 Å². The van der Waals surface area contributed by atoms with E-state index in [1.165, 1.54) is 0 Å². The molecule has 6 nitrogen and oxygen atoms in total. The summed E-state index contributed by atoms with van der Waals surface area (Å²) in [6.07, 6.45) is -9.19. The smallest absolute Gasteiger partial charge is 0.385 e. The maximum atomic E-state index is 12.7. The molecule has 0 saturated heterocycles. The highest BCUT2D eigenvalue weighted by molar-refractivity contribution is 5.43. The summed E-state index contributed by atoms with van der Waals surface area (Å²) < 4.78 is 38.0.